The van der Waals surface area contributed by atoms with E-state index in [2.05, 4.69) is 20.9 Å². The molecule has 2 saturated heterocycles. The average molecular weight is 452 g/mol. The highest BCUT2D eigenvalue weighted by Gasteiger charge is 2.50. The average Bonchev–Trinajstić information content (AvgIpc) is 3.19. The molecule has 3 amide bonds. The van der Waals surface area contributed by atoms with E-state index in [-0.39, 0.29) is 48.6 Å². The summed E-state index contributed by atoms with van der Waals surface area (Å²) in [6.45, 7) is 0.608. The number of ether oxygens (including phenoxy) is 1. The number of nitrogens with one attached hydrogen (secondary N) is 3. The Morgan fingerprint density at radius 2 is 2.03 bits per heavy atom. The van der Waals surface area contributed by atoms with Crippen LogP contribution in [0, 0.1) is 5.92 Å². The van der Waals surface area contributed by atoms with Crippen molar-refractivity contribution in [2.45, 2.75) is 57.0 Å². The Hall–Kier alpha value is -3.04. The van der Waals surface area contributed by atoms with Gasteiger partial charge in [-0.25, -0.2) is 4.98 Å². The molecule has 9 heteroatoms. The number of fused-ring (bicyclic) bond motifs is 3. The molecule has 3 N–H and O–H groups in total. The summed E-state index contributed by atoms with van der Waals surface area (Å²) in [6, 6.07) is 11.6. The summed E-state index contributed by atoms with van der Waals surface area (Å²) in [4.78, 5) is 43.0. The van der Waals surface area contributed by atoms with Gasteiger partial charge in [0.25, 0.3) is 0 Å². The van der Waals surface area contributed by atoms with Gasteiger partial charge >= 0.3 is 0 Å². The van der Waals surface area contributed by atoms with Crippen LogP contribution in [0.3, 0.4) is 0 Å². The molecule has 1 aromatic heterocycles. The summed E-state index contributed by atoms with van der Waals surface area (Å²) < 4.78 is 6.11. The first kappa shape index (κ1) is 21.8. The maximum atomic E-state index is 13.0. The Bertz CT molecular complexity index is 1060. The highest BCUT2D eigenvalue weighted by molar-refractivity contribution is 5.92. The molecule has 0 spiro atoms. The van der Waals surface area contributed by atoms with Gasteiger partial charge in [0.1, 0.15) is 12.4 Å². The van der Waals surface area contributed by atoms with Crippen LogP contribution in [0.1, 0.15) is 38.5 Å². The van der Waals surface area contributed by atoms with Crippen LogP contribution in [-0.4, -0.2) is 59.2 Å². The molecule has 1 aliphatic carbocycles. The van der Waals surface area contributed by atoms with Crippen LogP contribution in [0.5, 0.6) is 0 Å². The highest BCUT2D eigenvalue weighted by atomic mass is 16.5. The Balaban J connectivity index is 1.06. The zero-order chi connectivity index (χ0) is 22.8. The minimum atomic E-state index is -0.388. The fourth-order valence-corrected chi connectivity index (χ4v) is 5.08. The van der Waals surface area contributed by atoms with Crippen molar-refractivity contribution in [2.75, 3.05) is 18.5 Å². The van der Waals surface area contributed by atoms with Crippen molar-refractivity contribution < 1.29 is 19.1 Å². The van der Waals surface area contributed by atoms with Crippen LogP contribution in [0.2, 0.25) is 0 Å². The second-order valence-electron chi connectivity index (χ2n) is 8.97. The first-order valence-electron chi connectivity index (χ1n) is 11.7. The van der Waals surface area contributed by atoms with E-state index in [1.54, 1.807) is 4.90 Å². The van der Waals surface area contributed by atoms with Gasteiger partial charge in [-0.3, -0.25) is 24.6 Å². The molecule has 3 heterocycles. The van der Waals surface area contributed by atoms with Crippen molar-refractivity contribution in [3.63, 3.8) is 0 Å². The van der Waals surface area contributed by atoms with E-state index in [9.17, 15) is 14.4 Å². The second-order valence-corrected chi connectivity index (χ2v) is 8.97. The number of carbonyl (C=O) groups excluding carboxylic acids is 3. The van der Waals surface area contributed by atoms with E-state index < -0.39 is 0 Å². The second kappa shape index (κ2) is 9.44. The molecule has 33 heavy (non-hydrogen) atoms. The first-order chi connectivity index (χ1) is 16.1. The van der Waals surface area contributed by atoms with Crippen molar-refractivity contribution in [3.8, 4) is 0 Å². The molecule has 3 fully saturated rings. The van der Waals surface area contributed by atoms with E-state index >= 15 is 0 Å². The number of rotatable bonds is 7. The van der Waals surface area contributed by atoms with Gasteiger partial charge in [-0.1, -0.05) is 18.2 Å². The Morgan fingerprint density at radius 1 is 1.15 bits per heavy atom. The summed E-state index contributed by atoms with van der Waals surface area (Å²) in [5.74, 6) is 0.0901. The lowest BCUT2D eigenvalue weighted by atomic mass is 9.79. The van der Waals surface area contributed by atoms with Gasteiger partial charge in [-0.15, -0.1) is 0 Å². The Morgan fingerprint density at radius 3 is 2.94 bits per heavy atom. The third kappa shape index (κ3) is 4.69. The van der Waals surface area contributed by atoms with Gasteiger partial charge in [-0.2, -0.15) is 0 Å². The molecule has 9 nitrogen and oxygen atoms in total. The maximum Gasteiger partial charge on any atom is 0.242 e. The van der Waals surface area contributed by atoms with Gasteiger partial charge in [-0.05, 0) is 50.3 Å². The molecule has 2 aromatic rings. The fraction of sp³-hybridized carbons (Fsp3) is 0.500. The lowest BCUT2D eigenvalue weighted by molar-refractivity contribution is -0.154. The van der Waals surface area contributed by atoms with Gasteiger partial charge in [0.05, 0.1) is 17.5 Å². The molecule has 1 aromatic carbocycles. The number of carbonyl (C=O) groups is 3. The number of unbranched alkanes of at least 4 members (excludes halogenated alkanes) is 1. The van der Waals surface area contributed by atoms with Crippen LogP contribution in [0.25, 0.3) is 10.9 Å². The van der Waals surface area contributed by atoms with Crippen molar-refractivity contribution in [3.05, 3.63) is 36.4 Å². The molecule has 4 atom stereocenters. The number of pyridine rings is 1. The highest BCUT2D eigenvalue weighted by Crippen LogP contribution is 2.33. The number of hydrogen-bond donors (Lipinski definition) is 3. The topological polar surface area (TPSA) is 113 Å². The quantitative estimate of drug-likeness (QED) is 0.553. The Kier molecular flexibility index (Phi) is 6.24. The zero-order valence-electron chi connectivity index (χ0n) is 18.5. The predicted molar refractivity (Wildman–Crippen MR) is 122 cm³/mol. The predicted octanol–water partition coefficient (Wildman–Crippen LogP) is 1.74. The minimum absolute atomic E-state index is 0.00550. The van der Waals surface area contributed by atoms with Crippen LogP contribution < -0.4 is 16.0 Å². The molecule has 0 bridgehead atoms. The molecule has 4 unspecified atom stereocenters. The molecular weight excluding hydrogens is 422 g/mol. The van der Waals surface area contributed by atoms with E-state index in [1.807, 2.05) is 36.4 Å². The summed E-state index contributed by atoms with van der Waals surface area (Å²) >= 11 is 0. The molecule has 174 valence electrons. The zero-order valence-corrected chi connectivity index (χ0v) is 18.5. The summed E-state index contributed by atoms with van der Waals surface area (Å²) in [7, 11) is 0. The van der Waals surface area contributed by atoms with Gasteiger partial charge in [0.15, 0.2) is 6.29 Å². The lowest BCUT2D eigenvalue weighted by Crippen LogP contribution is -2.67. The van der Waals surface area contributed by atoms with Crippen molar-refractivity contribution in [2.24, 2.45) is 5.92 Å². The van der Waals surface area contributed by atoms with Crippen LogP contribution in [-0.2, 0) is 19.1 Å². The SMILES string of the molecule is O=C(CCCCOC1CCCC2NC3NC(=O)CN3C(=O)C21)Nc1ccc2ccccc2n1. The van der Waals surface area contributed by atoms with Crippen molar-refractivity contribution >= 4 is 34.4 Å². The van der Waals surface area contributed by atoms with Crippen molar-refractivity contribution in [1.29, 1.82) is 0 Å². The molecule has 5 rings (SSSR count). The van der Waals surface area contributed by atoms with Crippen LogP contribution >= 0.6 is 0 Å². The monoisotopic (exact) mass is 451 g/mol. The lowest BCUT2D eigenvalue weighted by Gasteiger charge is -2.45. The number of hydrogen-bond acceptors (Lipinski definition) is 6. The van der Waals surface area contributed by atoms with Gasteiger partial charge < -0.3 is 15.4 Å². The number of aromatic nitrogens is 1. The summed E-state index contributed by atoms with van der Waals surface area (Å²) in [5.41, 5.74) is 0.849. The van der Waals surface area contributed by atoms with E-state index in [1.165, 1.54) is 0 Å². The minimum Gasteiger partial charge on any atom is -0.377 e. The summed E-state index contributed by atoms with van der Waals surface area (Å²) in [6.07, 6.45) is 3.99. The summed E-state index contributed by atoms with van der Waals surface area (Å²) in [5, 5.41) is 10.1. The van der Waals surface area contributed by atoms with E-state index in [4.69, 9.17) is 4.74 Å². The molecule has 0 radical (unpaired) electrons. The Labute approximate surface area is 192 Å². The van der Waals surface area contributed by atoms with Crippen LogP contribution in [0.4, 0.5) is 5.82 Å². The van der Waals surface area contributed by atoms with E-state index in [0.717, 1.165) is 36.6 Å². The number of amides is 3. The largest absolute Gasteiger partial charge is 0.377 e. The molecule has 2 aliphatic heterocycles. The fourth-order valence-electron chi connectivity index (χ4n) is 5.08. The maximum absolute atomic E-state index is 13.0. The molecule has 1 saturated carbocycles. The smallest absolute Gasteiger partial charge is 0.242 e. The van der Waals surface area contributed by atoms with Gasteiger partial charge in [0, 0.05) is 24.5 Å². The van der Waals surface area contributed by atoms with E-state index in [0.29, 0.717) is 25.3 Å². The standard InChI is InChI=1S/C24H29N5O4/c30-20(27-19-12-11-15-6-1-2-7-16(15)25-19)10-3-4-13-33-18-9-5-8-17-22(18)23(32)29-14-21(31)28-24(29)26-17/h1-2,6-7,11-12,17-18,22,24,26H,3-5,8-10,13-14H2,(H,28,31)(H,25,27,30). The molecule has 3 aliphatic rings. The first-order valence-corrected chi connectivity index (χ1v) is 11.7. The number of anilines is 1. The van der Waals surface area contributed by atoms with Gasteiger partial charge in [0.2, 0.25) is 17.7 Å². The number of nitrogens with zero attached hydrogens (tertiary/aromatic N) is 2. The van der Waals surface area contributed by atoms with Crippen molar-refractivity contribution in [1.82, 2.24) is 20.5 Å². The van der Waals surface area contributed by atoms with Crippen LogP contribution in [0.15, 0.2) is 36.4 Å². The normalized spacial score (nSPS) is 26.6. The third-order valence-electron chi connectivity index (χ3n) is 6.70. The molecular formula is C24H29N5O4. The third-order valence-corrected chi connectivity index (χ3v) is 6.70. The number of para-hydroxylation sites is 1. The number of benzene rings is 1.